The van der Waals surface area contributed by atoms with E-state index in [-0.39, 0.29) is 50.2 Å². The second-order valence-electron chi connectivity index (χ2n) is 15.0. The van der Waals surface area contributed by atoms with E-state index < -0.39 is 96.3 Å². The van der Waals surface area contributed by atoms with Gasteiger partial charge >= 0.3 is 12.1 Å². The van der Waals surface area contributed by atoms with E-state index in [9.17, 15) is 55.8 Å². The van der Waals surface area contributed by atoms with Crippen LogP contribution in [0.3, 0.4) is 0 Å². The normalized spacial score (nSPS) is 13.6. The number of imidazole rings is 1. The van der Waals surface area contributed by atoms with Crippen LogP contribution < -0.4 is 16.9 Å². The molecular weight excluding hydrogens is 831 g/mol. The molecular formula is C40H47F5N8O9. The molecule has 3 aromatic rings. The number of hydrogen-bond donors (Lipinski definition) is 5. The Kier molecular flexibility index (Phi) is 17.7. The molecule has 0 fully saturated rings. The zero-order valence-electron chi connectivity index (χ0n) is 33.9. The molecule has 2 heterocycles. The van der Waals surface area contributed by atoms with E-state index >= 15 is 0 Å². The lowest BCUT2D eigenvalue weighted by Gasteiger charge is -2.40. The summed E-state index contributed by atoms with van der Waals surface area (Å²) < 4.78 is 62.7. The summed E-state index contributed by atoms with van der Waals surface area (Å²) in [5.41, 5.74) is 6.37. The number of aliphatic hydroxyl groups is 1. The molecule has 0 aliphatic carbocycles. The number of carbonyl (C=O) groups excluding carboxylic acids is 6. The van der Waals surface area contributed by atoms with Crippen LogP contribution >= 0.6 is 0 Å². The summed E-state index contributed by atoms with van der Waals surface area (Å²) in [5.74, 6) is -1.56. The Labute approximate surface area is 352 Å². The number of ketones is 1. The quantitative estimate of drug-likeness (QED) is 0.0308. The van der Waals surface area contributed by atoms with Gasteiger partial charge in [0.25, 0.3) is 17.7 Å². The molecule has 1 aliphatic heterocycles. The minimum atomic E-state index is -5.08. The molecule has 62 heavy (non-hydrogen) atoms. The summed E-state index contributed by atoms with van der Waals surface area (Å²) in [6.45, 7) is 3.88. The highest BCUT2D eigenvalue weighted by Crippen LogP contribution is 2.39. The SMILES string of the molecule is CC(C)(C)[C@H](c1nc(-c2cc(F)ccc2F)cn1Cc1ccccc1)N(CC[C@H](N)C(=O)N(N)CC(=O)CCCNC(=O)CN1C(=O)C=CC1=O)C(=O)CO.O=C(O)C(F)(F)F. The maximum absolute atomic E-state index is 15.0. The molecule has 5 amide bonds. The van der Waals surface area contributed by atoms with Gasteiger partial charge in [-0.1, -0.05) is 51.1 Å². The number of amides is 5. The summed E-state index contributed by atoms with van der Waals surface area (Å²) in [5, 5.41) is 20.4. The zero-order chi connectivity index (χ0) is 46.5. The first-order valence-electron chi connectivity index (χ1n) is 18.8. The molecule has 1 aromatic heterocycles. The van der Waals surface area contributed by atoms with Crippen molar-refractivity contribution >= 4 is 41.3 Å². The number of nitrogens with two attached hydrogens (primary N) is 2. The van der Waals surface area contributed by atoms with E-state index in [0.717, 1.165) is 40.8 Å². The van der Waals surface area contributed by atoms with E-state index in [4.69, 9.17) is 26.5 Å². The van der Waals surface area contributed by atoms with Crippen molar-refractivity contribution in [2.45, 2.75) is 64.8 Å². The van der Waals surface area contributed by atoms with E-state index in [2.05, 4.69) is 5.32 Å². The van der Waals surface area contributed by atoms with Gasteiger partial charge in [0.2, 0.25) is 11.8 Å². The highest BCUT2D eigenvalue weighted by atomic mass is 19.4. The van der Waals surface area contributed by atoms with Crippen LogP contribution in [0.4, 0.5) is 22.0 Å². The zero-order valence-corrected chi connectivity index (χ0v) is 33.9. The van der Waals surface area contributed by atoms with Crippen molar-refractivity contribution in [2.24, 2.45) is 17.0 Å². The standard InChI is InChI=1S/C38H46F2N8O7.C2HF3O2/c1-38(2,3)35(36-44-30(27-18-25(39)11-12-28(27)40)21-45(36)19-24-8-5-4-6-9-24)46(34(54)23-49)17-15-29(41)37(55)48(42)20-26(50)10-7-16-43-31(51)22-47-32(52)13-14-33(47)53;3-2(4,5)1(6)7/h4-6,8-9,11-14,18,21,29,35,49H,7,10,15-17,19-20,22-23,41-42H2,1-3H3,(H,43,51);(H,6,7)/t29-,35-;/m0./s1. The summed E-state index contributed by atoms with van der Waals surface area (Å²) >= 11 is 0. The molecule has 2 atom stereocenters. The Bertz CT molecular complexity index is 2120. The van der Waals surface area contributed by atoms with Gasteiger partial charge in [-0.2, -0.15) is 13.2 Å². The third kappa shape index (κ3) is 14.4. The third-order valence-corrected chi connectivity index (χ3v) is 9.07. The fraction of sp³-hybridized carbons (Fsp3) is 0.400. The summed E-state index contributed by atoms with van der Waals surface area (Å²) in [4.78, 5) is 90.2. The Morgan fingerprint density at radius 3 is 2.15 bits per heavy atom. The minimum absolute atomic E-state index is 0.0528. The topological polar surface area (TPSA) is 252 Å². The smallest absolute Gasteiger partial charge is 0.475 e. The number of aromatic nitrogens is 2. The Balaban J connectivity index is 0.00000134. The number of rotatable bonds is 18. The van der Waals surface area contributed by atoms with Crippen LogP contribution in [-0.4, -0.2) is 121 Å². The fourth-order valence-electron chi connectivity index (χ4n) is 6.12. The van der Waals surface area contributed by atoms with Crippen molar-refractivity contribution in [1.82, 2.24) is 29.7 Å². The van der Waals surface area contributed by atoms with Crippen LogP contribution in [0, 0.1) is 17.0 Å². The number of benzene rings is 2. The lowest BCUT2D eigenvalue weighted by atomic mass is 9.84. The number of carboxylic acid groups (broad SMARTS) is 1. The first-order chi connectivity index (χ1) is 28.9. The molecule has 0 saturated carbocycles. The van der Waals surface area contributed by atoms with Crippen LogP contribution in [0.1, 0.15) is 57.5 Å². The molecule has 22 heteroatoms. The lowest BCUT2D eigenvalue weighted by molar-refractivity contribution is -0.192. The summed E-state index contributed by atoms with van der Waals surface area (Å²) in [6, 6.07) is 10.2. The van der Waals surface area contributed by atoms with Crippen LogP contribution in [0.25, 0.3) is 11.3 Å². The first kappa shape index (κ1) is 50.0. The van der Waals surface area contributed by atoms with Gasteiger partial charge in [-0.15, -0.1) is 0 Å². The van der Waals surface area contributed by atoms with E-state index in [0.29, 0.717) is 10.8 Å². The molecule has 0 saturated heterocycles. The fourth-order valence-corrected chi connectivity index (χ4v) is 6.12. The molecule has 0 spiro atoms. The van der Waals surface area contributed by atoms with Crippen molar-refractivity contribution in [3.05, 3.63) is 89.9 Å². The predicted octanol–water partition coefficient (Wildman–Crippen LogP) is 2.23. The molecule has 17 nitrogen and oxygen atoms in total. The number of carbonyl (C=O) groups is 7. The second-order valence-corrected chi connectivity index (χ2v) is 15.0. The highest BCUT2D eigenvalue weighted by Gasteiger charge is 2.39. The third-order valence-electron chi connectivity index (χ3n) is 9.07. The van der Waals surface area contributed by atoms with Gasteiger partial charge in [0.15, 0.2) is 5.78 Å². The number of hydrazine groups is 1. The maximum atomic E-state index is 15.0. The Morgan fingerprint density at radius 2 is 1.58 bits per heavy atom. The maximum Gasteiger partial charge on any atom is 0.490 e. The van der Waals surface area contributed by atoms with Crippen LogP contribution in [0.2, 0.25) is 0 Å². The molecule has 0 bridgehead atoms. The number of aliphatic hydroxyl groups excluding tert-OH is 1. The molecule has 7 N–H and O–H groups in total. The monoisotopic (exact) mass is 878 g/mol. The summed E-state index contributed by atoms with van der Waals surface area (Å²) in [7, 11) is 0. The van der Waals surface area contributed by atoms with E-state index in [1.54, 1.807) is 10.8 Å². The number of imide groups is 1. The Morgan fingerprint density at radius 1 is 0.968 bits per heavy atom. The van der Waals surface area contributed by atoms with Gasteiger partial charge in [0.05, 0.1) is 24.3 Å². The van der Waals surface area contributed by atoms with Crippen molar-refractivity contribution < 1.29 is 65.7 Å². The predicted molar refractivity (Wildman–Crippen MR) is 209 cm³/mol. The minimum Gasteiger partial charge on any atom is -0.475 e. The van der Waals surface area contributed by atoms with Crippen molar-refractivity contribution in [3.8, 4) is 11.3 Å². The molecule has 4 rings (SSSR count). The molecule has 0 radical (unpaired) electrons. The second kappa shape index (κ2) is 21.9. The van der Waals surface area contributed by atoms with Crippen molar-refractivity contribution in [1.29, 1.82) is 0 Å². The lowest BCUT2D eigenvalue weighted by Crippen LogP contribution is -2.51. The number of alkyl halides is 3. The van der Waals surface area contributed by atoms with Gasteiger partial charge in [0, 0.05) is 50.0 Å². The van der Waals surface area contributed by atoms with Crippen molar-refractivity contribution in [2.75, 3.05) is 32.8 Å². The van der Waals surface area contributed by atoms with Crippen molar-refractivity contribution in [3.63, 3.8) is 0 Å². The highest BCUT2D eigenvalue weighted by molar-refractivity contribution is 6.14. The van der Waals surface area contributed by atoms with E-state index in [1.807, 2.05) is 51.1 Å². The van der Waals surface area contributed by atoms with Gasteiger partial charge in [0.1, 0.15) is 30.6 Å². The van der Waals surface area contributed by atoms with Gasteiger partial charge in [-0.25, -0.2) is 24.4 Å². The van der Waals surface area contributed by atoms with Gasteiger partial charge in [-0.05, 0) is 42.0 Å². The average Bonchev–Trinajstić information content (AvgIpc) is 3.75. The average molecular weight is 879 g/mol. The summed E-state index contributed by atoms with van der Waals surface area (Å²) in [6.07, 6.45) is -1.37. The van der Waals surface area contributed by atoms with Crippen LogP contribution in [0.15, 0.2) is 66.9 Å². The number of aliphatic carboxylic acids is 1. The van der Waals surface area contributed by atoms with Gasteiger partial charge < -0.3 is 30.7 Å². The number of nitrogens with zero attached hydrogens (tertiary/aromatic N) is 5. The molecule has 2 aromatic carbocycles. The number of nitrogens with one attached hydrogen (secondary N) is 1. The Hall–Kier alpha value is -6.39. The number of carboxylic acids is 1. The largest absolute Gasteiger partial charge is 0.490 e. The first-order valence-corrected chi connectivity index (χ1v) is 18.8. The van der Waals surface area contributed by atoms with E-state index in [1.165, 1.54) is 4.90 Å². The molecule has 1 aliphatic rings. The van der Waals surface area contributed by atoms with Gasteiger partial charge in [-0.3, -0.25) is 38.7 Å². The molecule has 336 valence electrons. The number of hydrogen-bond acceptors (Lipinski definition) is 11. The van der Waals surface area contributed by atoms with Crippen LogP contribution in [0.5, 0.6) is 0 Å². The number of halogens is 5. The van der Waals surface area contributed by atoms with Crippen LogP contribution in [-0.2, 0) is 40.1 Å². The molecule has 0 unspecified atom stereocenters. The number of Topliss-reactive ketones (excluding diaryl/α,β-unsaturated/α-hetero) is 1.